The number of nitrogens with one attached hydrogen (secondary N) is 1. The van der Waals surface area contributed by atoms with E-state index in [1.807, 2.05) is 19.1 Å². The normalized spacial score (nSPS) is 11.2. The molecule has 0 saturated carbocycles. The average Bonchev–Trinajstić information content (AvgIpc) is 2.67. The summed E-state index contributed by atoms with van der Waals surface area (Å²) in [6.45, 7) is 1.95. The van der Waals surface area contributed by atoms with Crippen molar-refractivity contribution in [2.24, 2.45) is 5.10 Å². The highest BCUT2D eigenvalue weighted by Gasteiger charge is 2.20. The lowest BCUT2D eigenvalue weighted by Gasteiger charge is -2.21. The van der Waals surface area contributed by atoms with Crippen LogP contribution < -0.4 is 19.2 Å². The molecule has 0 atom stereocenters. The van der Waals surface area contributed by atoms with Gasteiger partial charge >= 0.3 is 0 Å². The Morgan fingerprint density at radius 3 is 2.46 bits per heavy atom. The first-order valence-electron chi connectivity index (χ1n) is 8.50. The lowest BCUT2D eigenvalue weighted by molar-refractivity contribution is -0.119. The smallest absolute Gasteiger partial charge is 0.260 e. The van der Waals surface area contributed by atoms with Crippen LogP contribution in [0.3, 0.4) is 0 Å². The van der Waals surface area contributed by atoms with Crippen LogP contribution in [-0.4, -0.2) is 47.1 Å². The SMILES string of the molecule is CCOc1ccc(N(CC(=O)N/N=C\c2ccccc2OC)S(C)(=O)=O)cc1. The van der Waals surface area contributed by atoms with Gasteiger partial charge in [-0.15, -0.1) is 0 Å². The van der Waals surface area contributed by atoms with Gasteiger partial charge in [0.25, 0.3) is 5.91 Å². The predicted octanol–water partition coefficient (Wildman–Crippen LogP) is 2.01. The highest BCUT2D eigenvalue weighted by Crippen LogP contribution is 2.21. The number of methoxy groups -OCH3 is 1. The standard InChI is InChI=1S/C19H23N3O5S/c1-4-27-17-11-9-16(10-12-17)22(28(3,24)25)14-19(23)21-20-13-15-7-5-6-8-18(15)26-2/h5-13H,4,14H2,1-3H3,(H,21,23)/b20-13-. The van der Waals surface area contributed by atoms with Crippen molar-refractivity contribution >= 4 is 27.8 Å². The van der Waals surface area contributed by atoms with Crippen molar-refractivity contribution in [3.8, 4) is 11.5 Å². The van der Waals surface area contributed by atoms with E-state index in [1.54, 1.807) is 36.4 Å². The zero-order chi connectivity index (χ0) is 20.6. The van der Waals surface area contributed by atoms with Gasteiger partial charge in [0.15, 0.2) is 0 Å². The molecular formula is C19H23N3O5S. The van der Waals surface area contributed by atoms with Crippen LogP contribution in [0.2, 0.25) is 0 Å². The number of hydrogen-bond acceptors (Lipinski definition) is 6. The summed E-state index contributed by atoms with van der Waals surface area (Å²) in [5.41, 5.74) is 3.36. The fraction of sp³-hybridized carbons (Fsp3) is 0.263. The van der Waals surface area contributed by atoms with Gasteiger partial charge in [-0.25, -0.2) is 13.8 Å². The van der Waals surface area contributed by atoms with E-state index in [4.69, 9.17) is 9.47 Å². The predicted molar refractivity (Wildman–Crippen MR) is 109 cm³/mol. The number of benzene rings is 2. The molecule has 0 saturated heterocycles. The first kappa shape index (κ1) is 21.2. The molecule has 0 aliphatic rings. The highest BCUT2D eigenvalue weighted by atomic mass is 32.2. The molecule has 0 spiro atoms. The molecule has 0 radical (unpaired) electrons. The van der Waals surface area contributed by atoms with E-state index < -0.39 is 22.5 Å². The molecular weight excluding hydrogens is 382 g/mol. The van der Waals surface area contributed by atoms with Gasteiger partial charge in [0.05, 0.1) is 31.9 Å². The highest BCUT2D eigenvalue weighted by molar-refractivity contribution is 7.92. The number of rotatable bonds is 9. The van der Waals surface area contributed by atoms with Crippen LogP contribution in [0.25, 0.3) is 0 Å². The second-order valence-electron chi connectivity index (χ2n) is 5.73. The molecule has 0 heterocycles. The molecule has 0 aliphatic heterocycles. The van der Waals surface area contributed by atoms with Crippen molar-refractivity contribution in [1.82, 2.24) is 5.43 Å². The Hall–Kier alpha value is -3.07. The van der Waals surface area contributed by atoms with Crippen molar-refractivity contribution in [3.05, 3.63) is 54.1 Å². The number of carbonyl (C=O) groups is 1. The van der Waals surface area contributed by atoms with E-state index in [-0.39, 0.29) is 0 Å². The van der Waals surface area contributed by atoms with Crippen LogP contribution in [-0.2, 0) is 14.8 Å². The van der Waals surface area contributed by atoms with Gasteiger partial charge in [-0.1, -0.05) is 12.1 Å². The number of ether oxygens (including phenoxy) is 2. The van der Waals surface area contributed by atoms with Crippen LogP contribution in [0.5, 0.6) is 11.5 Å². The first-order valence-corrected chi connectivity index (χ1v) is 10.4. The number of nitrogens with zero attached hydrogens (tertiary/aromatic N) is 2. The zero-order valence-electron chi connectivity index (χ0n) is 16.0. The molecule has 9 heteroatoms. The van der Waals surface area contributed by atoms with Crippen molar-refractivity contribution in [2.75, 3.05) is 30.8 Å². The summed E-state index contributed by atoms with van der Waals surface area (Å²) in [5.74, 6) is 0.642. The Bertz CT molecular complexity index is 927. The third-order valence-electron chi connectivity index (χ3n) is 3.66. The maximum atomic E-state index is 12.2. The summed E-state index contributed by atoms with van der Waals surface area (Å²) >= 11 is 0. The molecule has 2 aromatic rings. The molecule has 150 valence electrons. The summed E-state index contributed by atoms with van der Waals surface area (Å²) in [6.07, 6.45) is 2.47. The van der Waals surface area contributed by atoms with E-state index in [9.17, 15) is 13.2 Å². The van der Waals surface area contributed by atoms with E-state index in [0.717, 1.165) is 10.6 Å². The van der Waals surface area contributed by atoms with Gasteiger partial charge in [0, 0.05) is 5.56 Å². The number of hydrogen-bond donors (Lipinski definition) is 1. The molecule has 8 nitrogen and oxygen atoms in total. The van der Waals surface area contributed by atoms with Gasteiger partial charge in [-0.2, -0.15) is 5.10 Å². The average molecular weight is 405 g/mol. The number of anilines is 1. The minimum Gasteiger partial charge on any atom is -0.496 e. The monoisotopic (exact) mass is 405 g/mol. The third kappa shape index (κ3) is 5.98. The minimum atomic E-state index is -3.67. The molecule has 0 unspecified atom stereocenters. The molecule has 2 aromatic carbocycles. The molecule has 0 aromatic heterocycles. The zero-order valence-corrected chi connectivity index (χ0v) is 16.8. The maximum Gasteiger partial charge on any atom is 0.260 e. The Morgan fingerprint density at radius 1 is 1.18 bits per heavy atom. The lowest BCUT2D eigenvalue weighted by atomic mass is 10.2. The van der Waals surface area contributed by atoms with Crippen molar-refractivity contribution in [1.29, 1.82) is 0 Å². The van der Waals surface area contributed by atoms with E-state index in [2.05, 4.69) is 10.5 Å². The van der Waals surface area contributed by atoms with Crippen LogP contribution in [0, 0.1) is 0 Å². The summed E-state index contributed by atoms with van der Waals surface area (Å²) in [6, 6.07) is 13.6. The summed E-state index contributed by atoms with van der Waals surface area (Å²) < 4.78 is 35.8. The Morgan fingerprint density at radius 2 is 1.86 bits per heavy atom. The molecule has 2 rings (SSSR count). The van der Waals surface area contributed by atoms with Gasteiger partial charge in [-0.05, 0) is 43.3 Å². The van der Waals surface area contributed by atoms with E-state index in [0.29, 0.717) is 29.4 Å². The fourth-order valence-electron chi connectivity index (χ4n) is 2.39. The Labute approximate surface area is 164 Å². The quantitative estimate of drug-likeness (QED) is 0.508. The summed E-state index contributed by atoms with van der Waals surface area (Å²) in [5, 5.41) is 3.87. The van der Waals surface area contributed by atoms with Crippen LogP contribution in [0.15, 0.2) is 53.6 Å². The van der Waals surface area contributed by atoms with E-state index in [1.165, 1.54) is 13.3 Å². The number of para-hydroxylation sites is 1. The van der Waals surface area contributed by atoms with Crippen molar-refractivity contribution < 1.29 is 22.7 Å². The molecule has 1 amide bonds. The topological polar surface area (TPSA) is 97.3 Å². The lowest BCUT2D eigenvalue weighted by Crippen LogP contribution is -2.39. The van der Waals surface area contributed by atoms with Crippen LogP contribution >= 0.6 is 0 Å². The minimum absolute atomic E-state index is 0.356. The number of carbonyl (C=O) groups excluding carboxylic acids is 1. The molecule has 28 heavy (non-hydrogen) atoms. The summed E-state index contributed by atoms with van der Waals surface area (Å²) in [4.78, 5) is 12.2. The van der Waals surface area contributed by atoms with Crippen LogP contribution in [0.4, 0.5) is 5.69 Å². The van der Waals surface area contributed by atoms with Crippen molar-refractivity contribution in [2.45, 2.75) is 6.92 Å². The molecule has 0 bridgehead atoms. The largest absolute Gasteiger partial charge is 0.496 e. The Balaban J connectivity index is 2.08. The molecule has 0 fully saturated rings. The molecule has 0 aliphatic carbocycles. The number of sulfonamides is 1. The van der Waals surface area contributed by atoms with Gasteiger partial charge in [0.2, 0.25) is 10.0 Å². The summed E-state index contributed by atoms with van der Waals surface area (Å²) in [7, 11) is -2.13. The fourth-order valence-corrected chi connectivity index (χ4v) is 3.24. The maximum absolute atomic E-state index is 12.2. The second-order valence-corrected chi connectivity index (χ2v) is 7.64. The second kappa shape index (κ2) is 9.75. The number of hydrazone groups is 1. The third-order valence-corrected chi connectivity index (χ3v) is 4.80. The van der Waals surface area contributed by atoms with Gasteiger partial charge in [-0.3, -0.25) is 9.10 Å². The molecule has 1 N–H and O–H groups in total. The van der Waals surface area contributed by atoms with Crippen molar-refractivity contribution in [3.63, 3.8) is 0 Å². The Kier molecular flexibility index (Phi) is 7.39. The van der Waals surface area contributed by atoms with Gasteiger partial charge in [0.1, 0.15) is 18.0 Å². The van der Waals surface area contributed by atoms with E-state index >= 15 is 0 Å². The number of amides is 1. The van der Waals surface area contributed by atoms with Crippen LogP contribution in [0.1, 0.15) is 12.5 Å². The first-order chi connectivity index (χ1) is 13.3. The van der Waals surface area contributed by atoms with Gasteiger partial charge < -0.3 is 9.47 Å².